The molecule has 0 amide bonds. The first-order chi connectivity index (χ1) is 14.2. The lowest BCUT2D eigenvalue weighted by Gasteiger charge is -2.10. The lowest BCUT2D eigenvalue weighted by molar-refractivity contribution is 0.101. The quantitative estimate of drug-likeness (QED) is 0.313. The minimum Gasteiger partial charge on any atom is -0.486 e. The molecular weight excluding hydrogens is 412 g/mol. The minimum absolute atomic E-state index is 0.00786. The zero-order valence-electron chi connectivity index (χ0n) is 15.2. The van der Waals surface area contributed by atoms with E-state index in [0.29, 0.717) is 34.0 Å². The highest BCUT2D eigenvalue weighted by atomic mass is 35.5. The molecule has 3 heterocycles. The maximum atomic E-state index is 12.3. The number of rotatable bonds is 9. The third-order valence-corrected chi connectivity index (χ3v) is 5.32. The van der Waals surface area contributed by atoms with Gasteiger partial charge in [0.05, 0.1) is 24.3 Å². The Labute approximate surface area is 176 Å². The van der Waals surface area contributed by atoms with Crippen molar-refractivity contribution in [3.8, 4) is 5.75 Å². The number of carbonyl (C=O) groups excluding carboxylic acids is 1. The van der Waals surface area contributed by atoms with E-state index in [1.807, 2.05) is 16.7 Å². The number of H-pyrrole nitrogens is 1. The predicted molar refractivity (Wildman–Crippen MR) is 109 cm³/mol. The predicted octanol–water partition coefficient (Wildman–Crippen LogP) is 4.45. The lowest BCUT2D eigenvalue weighted by Crippen LogP contribution is -2.10. The van der Waals surface area contributed by atoms with E-state index in [2.05, 4.69) is 15.2 Å². The Bertz CT molecular complexity index is 1060. The van der Waals surface area contributed by atoms with Gasteiger partial charge in [0.2, 0.25) is 0 Å². The van der Waals surface area contributed by atoms with Gasteiger partial charge in [0.15, 0.2) is 16.8 Å². The van der Waals surface area contributed by atoms with Crippen molar-refractivity contribution in [2.45, 2.75) is 18.3 Å². The van der Waals surface area contributed by atoms with Crippen LogP contribution in [-0.2, 0) is 13.2 Å². The largest absolute Gasteiger partial charge is 0.486 e. The number of halogens is 1. The van der Waals surface area contributed by atoms with E-state index in [1.54, 1.807) is 48.9 Å². The Kier molecular flexibility index (Phi) is 6.02. The number of hydrogen-bond donors (Lipinski definition) is 1. The van der Waals surface area contributed by atoms with Crippen molar-refractivity contribution in [1.82, 2.24) is 19.7 Å². The standard InChI is InChI=1S/C20H17ClN4O3S/c21-14-5-7-15(8-6-14)28-12-19-23-24-20(25(19)11-16-3-2-10-27-16)29-13-18(26)17-4-1-9-22-17/h1-10,22H,11-13H2. The molecule has 4 aromatic rings. The number of aromatic amines is 1. The molecular formula is C20H17ClN4O3S. The van der Waals surface area contributed by atoms with E-state index >= 15 is 0 Å². The van der Waals surface area contributed by atoms with Crippen molar-refractivity contribution in [2.75, 3.05) is 5.75 Å². The molecule has 1 N–H and O–H groups in total. The minimum atomic E-state index is -0.00786. The molecule has 0 aliphatic carbocycles. The topological polar surface area (TPSA) is 85.9 Å². The number of nitrogens with zero attached hydrogens (tertiary/aromatic N) is 3. The molecule has 0 unspecified atom stereocenters. The van der Waals surface area contributed by atoms with Crippen LogP contribution in [0.2, 0.25) is 5.02 Å². The number of ether oxygens (including phenoxy) is 1. The van der Waals surface area contributed by atoms with Crippen molar-refractivity contribution in [1.29, 1.82) is 0 Å². The highest BCUT2D eigenvalue weighted by Gasteiger charge is 2.17. The number of hydrogen-bond acceptors (Lipinski definition) is 6. The molecule has 0 saturated heterocycles. The smallest absolute Gasteiger partial charge is 0.192 e. The Morgan fingerprint density at radius 2 is 2.03 bits per heavy atom. The fraction of sp³-hybridized carbons (Fsp3) is 0.150. The summed E-state index contributed by atoms with van der Waals surface area (Å²) >= 11 is 7.23. The van der Waals surface area contributed by atoms with E-state index in [-0.39, 0.29) is 18.1 Å². The fourth-order valence-corrected chi connectivity index (χ4v) is 3.61. The van der Waals surface area contributed by atoms with E-state index < -0.39 is 0 Å². The van der Waals surface area contributed by atoms with Crippen LogP contribution in [0.25, 0.3) is 0 Å². The highest BCUT2D eigenvalue weighted by Crippen LogP contribution is 2.22. The van der Waals surface area contributed by atoms with Gasteiger partial charge in [-0.15, -0.1) is 10.2 Å². The molecule has 0 aliphatic heterocycles. The zero-order chi connectivity index (χ0) is 20.1. The molecule has 0 radical (unpaired) electrons. The number of furan rings is 1. The van der Waals surface area contributed by atoms with Crippen LogP contribution in [0.4, 0.5) is 0 Å². The molecule has 1 aromatic carbocycles. The summed E-state index contributed by atoms with van der Waals surface area (Å²) in [6.07, 6.45) is 3.34. The molecule has 148 valence electrons. The Balaban J connectivity index is 1.49. The van der Waals surface area contributed by atoms with Gasteiger partial charge in [-0.2, -0.15) is 0 Å². The second kappa shape index (κ2) is 9.02. The zero-order valence-corrected chi connectivity index (χ0v) is 16.8. The first-order valence-corrected chi connectivity index (χ1v) is 10.2. The molecule has 9 heteroatoms. The van der Waals surface area contributed by atoms with E-state index in [9.17, 15) is 4.79 Å². The van der Waals surface area contributed by atoms with Crippen LogP contribution in [0.5, 0.6) is 5.75 Å². The number of ketones is 1. The maximum Gasteiger partial charge on any atom is 0.192 e. The van der Waals surface area contributed by atoms with Gasteiger partial charge in [-0.05, 0) is 48.5 Å². The first kappa shape index (κ1) is 19.4. The van der Waals surface area contributed by atoms with Crippen LogP contribution in [0.1, 0.15) is 22.1 Å². The Hall–Kier alpha value is -2.97. The Morgan fingerprint density at radius 3 is 2.76 bits per heavy atom. The molecule has 0 bridgehead atoms. The van der Waals surface area contributed by atoms with E-state index in [4.69, 9.17) is 20.8 Å². The molecule has 0 atom stereocenters. The number of Topliss-reactive ketones (excluding diaryl/α,β-unsaturated/α-hetero) is 1. The second-order valence-corrected chi connectivity index (χ2v) is 7.48. The van der Waals surface area contributed by atoms with Crippen molar-refractivity contribution in [3.63, 3.8) is 0 Å². The number of nitrogens with one attached hydrogen (secondary N) is 1. The first-order valence-electron chi connectivity index (χ1n) is 8.81. The van der Waals surface area contributed by atoms with Gasteiger partial charge in [-0.3, -0.25) is 9.36 Å². The van der Waals surface area contributed by atoms with Gasteiger partial charge in [0.25, 0.3) is 0 Å². The Morgan fingerprint density at radius 1 is 1.17 bits per heavy atom. The molecule has 0 aliphatic rings. The molecule has 0 fully saturated rings. The summed E-state index contributed by atoms with van der Waals surface area (Å²) in [5.41, 5.74) is 0.570. The van der Waals surface area contributed by atoms with Gasteiger partial charge < -0.3 is 14.1 Å². The van der Waals surface area contributed by atoms with Crippen LogP contribution in [0.15, 0.2) is 70.6 Å². The summed E-state index contributed by atoms with van der Waals surface area (Å²) in [6.45, 7) is 0.665. The number of aromatic nitrogens is 4. The van der Waals surface area contributed by atoms with E-state index in [1.165, 1.54) is 11.8 Å². The number of benzene rings is 1. The SMILES string of the molecule is O=C(CSc1nnc(COc2ccc(Cl)cc2)n1Cc1ccco1)c1ccc[nH]1. The van der Waals surface area contributed by atoms with Crippen LogP contribution < -0.4 is 4.74 Å². The van der Waals surface area contributed by atoms with E-state index in [0.717, 1.165) is 5.76 Å². The molecule has 4 rings (SSSR count). The number of carbonyl (C=O) groups is 1. The van der Waals surface area contributed by atoms with Gasteiger partial charge in [-0.25, -0.2) is 0 Å². The normalized spacial score (nSPS) is 10.9. The van der Waals surface area contributed by atoms with Gasteiger partial charge in [-0.1, -0.05) is 23.4 Å². The molecule has 3 aromatic heterocycles. The fourth-order valence-electron chi connectivity index (χ4n) is 2.64. The molecule has 29 heavy (non-hydrogen) atoms. The number of thioether (sulfide) groups is 1. The van der Waals surface area contributed by atoms with Gasteiger partial charge in [0, 0.05) is 11.2 Å². The summed E-state index contributed by atoms with van der Waals surface area (Å²) in [5, 5.41) is 9.76. The monoisotopic (exact) mass is 428 g/mol. The van der Waals surface area contributed by atoms with Gasteiger partial charge >= 0.3 is 0 Å². The summed E-state index contributed by atoms with van der Waals surface area (Å²) in [6, 6.07) is 14.4. The van der Waals surface area contributed by atoms with Crippen LogP contribution in [0.3, 0.4) is 0 Å². The third-order valence-electron chi connectivity index (χ3n) is 4.10. The highest BCUT2D eigenvalue weighted by molar-refractivity contribution is 7.99. The van der Waals surface area contributed by atoms with Gasteiger partial charge in [0.1, 0.15) is 18.1 Å². The van der Waals surface area contributed by atoms with Crippen molar-refractivity contribution in [3.05, 3.63) is 83.3 Å². The van der Waals surface area contributed by atoms with Crippen molar-refractivity contribution >= 4 is 29.1 Å². The maximum absolute atomic E-state index is 12.3. The van der Waals surface area contributed by atoms with Crippen LogP contribution in [0, 0.1) is 0 Å². The second-order valence-electron chi connectivity index (χ2n) is 6.10. The molecule has 0 spiro atoms. The average Bonchev–Trinajstić information content (AvgIpc) is 3.49. The average molecular weight is 429 g/mol. The van der Waals surface area contributed by atoms with Crippen LogP contribution in [-0.4, -0.2) is 31.3 Å². The lowest BCUT2D eigenvalue weighted by atomic mass is 10.3. The van der Waals surface area contributed by atoms with Crippen molar-refractivity contribution in [2.24, 2.45) is 0 Å². The summed E-state index contributed by atoms with van der Waals surface area (Å²) in [7, 11) is 0. The molecule has 7 nitrogen and oxygen atoms in total. The summed E-state index contributed by atoms with van der Waals surface area (Å²) in [4.78, 5) is 15.2. The van der Waals surface area contributed by atoms with Crippen LogP contribution >= 0.6 is 23.4 Å². The third kappa shape index (κ3) is 4.90. The molecule has 0 saturated carbocycles. The summed E-state index contributed by atoms with van der Waals surface area (Å²) < 4.78 is 13.2. The van der Waals surface area contributed by atoms with Crippen molar-refractivity contribution < 1.29 is 13.9 Å². The summed E-state index contributed by atoms with van der Waals surface area (Å²) in [5.74, 6) is 2.31.